The van der Waals surface area contributed by atoms with E-state index in [9.17, 15) is 9.59 Å². The van der Waals surface area contributed by atoms with Crippen LogP contribution in [0.2, 0.25) is 0 Å². The molecule has 132 valence electrons. The normalized spacial score (nSPS) is 11.6. The molecule has 5 nitrogen and oxygen atoms in total. The van der Waals surface area contributed by atoms with Gasteiger partial charge in [-0.3, -0.25) is 0 Å². The van der Waals surface area contributed by atoms with Crippen LogP contribution in [0.5, 0.6) is 0 Å². The van der Waals surface area contributed by atoms with Gasteiger partial charge >= 0.3 is 12.1 Å². The molecule has 0 bridgehead atoms. The number of carbonyl (C=O) groups is 2. The quantitative estimate of drug-likeness (QED) is 0.783. The van der Waals surface area contributed by atoms with E-state index in [-0.39, 0.29) is 12.7 Å². The van der Waals surface area contributed by atoms with Gasteiger partial charge in [-0.05, 0) is 25.0 Å². The second-order valence-corrected chi connectivity index (χ2v) is 5.93. The molecule has 1 atom stereocenters. The van der Waals surface area contributed by atoms with Gasteiger partial charge in [-0.25, -0.2) is 9.59 Å². The summed E-state index contributed by atoms with van der Waals surface area (Å²) >= 11 is 0. The topological polar surface area (TPSA) is 64.6 Å². The van der Waals surface area contributed by atoms with E-state index in [1.54, 1.807) is 13.8 Å². The summed E-state index contributed by atoms with van der Waals surface area (Å²) in [6, 6.07) is 18.0. The zero-order valence-corrected chi connectivity index (χ0v) is 14.5. The summed E-state index contributed by atoms with van der Waals surface area (Å²) < 4.78 is 10.4. The van der Waals surface area contributed by atoms with Crippen molar-refractivity contribution >= 4 is 12.1 Å². The Bertz CT molecular complexity index is 671. The number of rotatable bonds is 7. The first-order chi connectivity index (χ1) is 12.0. The van der Waals surface area contributed by atoms with Crippen LogP contribution in [0, 0.1) is 0 Å². The molecule has 0 aliphatic rings. The number of hydrogen-bond acceptors (Lipinski definition) is 4. The van der Waals surface area contributed by atoms with Gasteiger partial charge in [0.1, 0.15) is 12.6 Å². The van der Waals surface area contributed by atoms with Gasteiger partial charge in [0.25, 0.3) is 0 Å². The summed E-state index contributed by atoms with van der Waals surface area (Å²) in [5.41, 5.74) is 1.80. The average Bonchev–Trinajstić information content (AvgIpc) is 2.60. The molecule has 0 aliphatic heterocycles. The first-order valence-electron chi connectivity index (χ1n) is 8.26. The van der Waals surface area contributed by atoms with Gasteiger partial charge in [0.2, 0.25) is 0 Å². The molecule has 5 heteroatoms. The molecule has 25 heavy (non-hydrogen) atoms. The van der Waals surface area contributed by atoms with Crippen LogP contribution >= 0.6 is 0 Å². The van der Waals surface area contributed by atoms with Crippen molar-refractivity contribution in [2.24, 2.45) is 0 Å². The Labute approximate surface area is 148 Å². The largest absolute Gasteiger partial charge is 0.461 e. The Morgan fingerprint density at radius 3 is 2.04 bits per heavy atom. The highest BCUT2D eigenvalue weighted by atomic mass is 16.6. The van der Waals surface area contributed by atoms with Crippen LogP contribution in [0.1, 0.15) is 25.0 Å². The third-order valence-corrected chi connectivity index (χ3v) is 3.42. The number of alkyl carbamates (subject to hydrolysis) is 1. The molecule has 0 heterocycles. The maximum absolute atomic E-state index is 12.3. The second-order valence-electron chi connectivity index (χ2n) is 5.93. The van der Waals surface area contributed by atoms with E-state index in [0.29, 0.717) is 6.42 Å². The highest BCUT2D eigenvalue weighted by Gasteiger charge is 2.24. The number of nitrogens with one attached hydrogen (secondary N) is 1. The molecule has 1 N–H and O–H groups in total. The maximum Gasteiger partial charge on any atom is 0.408 e. The maximum atomic E-state index is 12.3. The van der Waals surface area contributed by atoms with E-state index < -0.39 is 18.1 Å². The summed E-state index contributed by atoms with van der Waals surface area (Å²) in [6.07, 6.45) is -0.564. The molecule has 2 rings (SSSR count). The van der Waals surface area contributed by atoms with E-state index in [4.69, 9.17) is 9.47 Å². The van der Waals surface area contributed by atoms with Crippen molar-refractivity contribution in [3.05, 3.63) is 71.8 Å². The van der Waals surface area contributed by atoms with Crippen LogP contribution in [-0.4, -0.2) is 24.2 Å². The summed E-state index contributed by atoms with van der Waals surface area (Å²) in [4.78, 5) is 24.3. The number of benzene rings is 2. The summed E-state index contributed by atoms with van der Waals surface area (Å²) in [5, 5.41) is 2.61. The van der Waals surface area contributed by atoms with Crippen molar-refractivity contribution in [3.63, 3.8) is 0 Å². The standard InChI is InChI=1S/C20H23NO4/c1-15(2)25-19(22)18(13-16-9-5-3-6-10-16)21-20(23)24-14-17-11-7-4-8-12-17/h3-12,15,18H,13-14H2,1-2H3,(H,21,23). The molecule has 1 amide bonds. The number of amides is 1. The van der Waals surface area contributed by atoms with Gasteiger partial charge in [-0.15, -0.1) is 0 Å². The summed E-state index contributed by atoms with van der Waals surface area (Å²) in [7, 11) is 0. The average molecular weight is 341 g/mol. The molecule has 0 fully saturated rings. The molecule has 1 unspecified atom stereocenters. The lowest BCUT2D eigenvalue weighted by Gasteiger charge is -2.19. The fourth-order valence-corrected chi connectivity index (χ4v) is 2.26. The second kappa shape index (κ2) is 9.47. The Kier molecular flexibility index (Phi) is 7.01. The van der Waals surface area contributed by atoms with Crippen LogP contribution in [0.3, 0.4) is 0 Å². The third-order valence-electron chi connectivity index (χ3n) is 3.42. The fraction of sp³-hybridized carbons (Fsp3) is 0.300. The van der Waals surface area contributed by atoms with Crippen molar-refractivity contribution in [1.82, 2.24) is 5.32 Å². The Hall–Kier alpha value is -2.82. The molecule has 0 aromatic heterocycles. The van der Waals surface area contributed by atoms with Crippen LogP contribution in [0.4, 0.5) is 4.79 Å². The molecule has 0 radical (unpaired) electrons. The minimum absolute atomic E-state index is 0.143. The number of hydrogen-bond donors (Lipinski definition) is 1. The van der Waals surface area contributed by atoms with Gasteiger partial charge in [0.15, 0.2) is 0 Å². The molecule has 0 saturated heterocycles. The molecule has 0 saturated carbocycles. The van der Waals surface area contributed by atoms with Gasteiger partial charge in [0.05, 0.1) is 6.10 Å². The van der Waals surface area contributed by atoms with Gasteiger partial charge in [0, 0.05) is 6.42 Å². The molecular formula is C20H23NO4. The summed E-state index contributed by atoms with van der Waals surface area (Å²) in [6.45, 7) is 3.68. The van der Waals surface area contributed by atoms with Crippen molar-refractivity contribution in [1.29, 1.82) is 0 Å². The molecule has 2 aromatic rings. The van der Waals surface area contributed by atoms with Gasteiger partial charge in [-0.2, -0.15) is 0 Å². The Morgan fingerprint density at radius 1 is 0.920 bits per heavy atom. The molecule has 0 spiro atoms. The van der Waals surface area contributed by atoms with Crippen LogP contribution in [-0.2, 0) is 27.3 Å². The Morgan fingerprint density at radius 2 is 1.48 bits per heavy atom. The van der Waals surface area contributed by atoms with Gasteiger partial charge < -0.3 is 14.8 Å². The first kappa shape index (κ1) is 18.5. The number of carbonyl (C=O) groups excluding carboxylic acids is 2. The van der Waals surface area contributed by atoms with E-state index in [0.717, 1.165) is 11.1 Å². The molecule has 2 aromatic carbocycles. The zero-order chi connectivity index (χ0) is 18.1. The minimum Gasteiger partial charge on any atom is -0.461 e. The van der Waals surface area contributed by atoms with Gasteiger partial charge in [-0.1, -0.05) is 60.7 Å². The van der Waals surface area contributed by atoms with Crippen LogP contribution < -0.4 is 5.32 Å². The van der Waals surface area contributed by atoms with Crippen molar-refractivity contribution in [2.75, 3.05) is 0 Å². The highest BCUT2D eigenvalue weighted by Crippen LogP contribution is 2.07. The van der Waals surface area contributed by atoms with E-state index in [2.05, 4.69) is 5.32 Å². The van der Waals surface area contributed by atoms with Crippen LogP contribution in [0.25, 0.3) is 0 Å². The number of esters is 1. The van der Waals surface area contributed by atoms with E-state index >= 15 is 0 Å². The predicted octanol–water partition coefficient (Wildman–Crippen LogP) is 3.48. The smallest absolute Gasteiger partial charge is 0.408 e. The van der Waals surface area contributed by atoms with Crippen molar-refractivity contribution in [3.8, 4) is 0 Å². The SMILES string of the molecule is CC(C)OC(=O)C(Cc1ccccc1)NC(=O)OCc1ccccc1. The van der Waals surface area contributed by atoms with Crippen LogP contribution in [0.15, 0.2) is 60.7 Å². The first-order valence-corrected chi connectivity index (χ1v) is 8.26. The Balaban J connectivity index is 1.96. The van der Waals surface area contributed by atoms with E-state index in [1.165, 1.54) is 0 Å². The third kappa shape index (κ3) is 6.67. The van der Waals surface area contributed by atoms with Crippen molar-refractivity contribution < 1.29 is 19.1 Å². The van der Waals surface area contributed by atoms with Crippen molar-refractivity contribution in [2.45, 2.75) is 39.0 Å². The zero-order valence-electron chi connectivity index (χ0n) is 14.5. The number of ether oxygens (including phenoxy) is 2. The lowest BCUT2D eigenvalue weighted by atomic mass is 10.1. The van der Waals surface area contributed by atoms with E-state index in [1.807, 2.05) is 60.7 Å². The minimum atomic E-state index is -0.798. The molecular weight excluding hydrogens is 318 g/mol. The highest BCUT2D eigenvalue weighted by molar-refractivity contribution is 5.81. The fourth-order valence-electron chi connectivity index (χ4n) is 2.26. The molecule has 0 aliphatic carbocycles. The summed E-state index contributed by atoms with van der Waals surface area (Å²) in [5.74, 6) is -0.476. The monoisotopic (exact) mass is 341 g/mol. The lowest BCUT2D eigenvalue weighted by molar-refractivity contribution is -0.149. The predicted molar refractivity (Wildman–Crippen MR) is 94.9 cm³/mol. The lowest BCUT2D eigenvalue weighted by Crippen LogP contribution is -2.44.